The lowest BCUT2D eigenvalue weighted by Crippen LogP contribution is -2.42. The van der Waals surface area contributed by atoms with E-state index in [4.69, 9.17) is 0 Å². The van der Waals surface area contributed by atoms with Crippen LogP contribution in [0.25, 0.3) is 0 Å². The lowest BCUT2D eigenvalue weighted by atomic mass is 9.94. The van der Waals surface area contributed by atoms with Crippen LogP contribution < -0.4 is 10.6 Å². The maximum Gasteiger partial charge on any atom is 0.407 e. The molecule has 0 radical (unpaired) electrons. The zero-order valence-electron chi connectivity index (χ0n) is 17.4. The molecule has 2 aromatic carbocycles. The molecule has 3 amide bonds. The molecule has 2 atom stereocenters. The number of hydrogen-bond donors (Lipinski definition) is 3. The third-order valence-electron chi connectivity index (χ3n) is 5.47. The molecule has 1 fully saturated rings. The van der Waals surface area contributed by atoms with Gasteiger partial charge in [0.05, 0.1) is 11.8 Å². The van der Waals surface area contributed by atoms with Crippen molar-refractivity contribution in [2.75, 3.05) is 26.2 Å². The predicted molar refractivity (Wildman–Crippen MR) is 113 cm³/mol. The Morgan fingerprint density at radius 1 is 0.844 bits per heavy atom. The van der Waals surface area contributed by atoms with Gasteiger partial charge in [-0.1, -0.05) is 24.3 Å². The van der Waals surface area contributed by atoms with E-state index in [1.807, 2.05) is 0 Å². The molecule has 2 aromatic rings. The number of likely N-dealkylation sites (tertiary alicyclic amines) is 1. The Kier molecular flexibility index (Phi) is 7.75. The number of rotatable bonds is 8. The van der Waals surface area contributed by atoms with Crippen molar-refractivity contribution in [2.45, 2.75) is 12.8 Å². The zero-order chi connectivity index (χ0) is 23.1. The van der Waals surface area contributed by atoms with E-state index < -0.39 is 29.7 Å². The van der Waals surface area contributed by atoms with E-state index in [1.165, 1.54) is 24.3 Å². The zero-order valence-corrected chi connectivity index (χ0v) is 17.4. The number of carbonyl (C=O) groups excluding carboxylic acids is 2. The molecule has 9 heteroatoms. The van der Waals surface area contributed by atoms with E-state index in [2.05, 4.69) is 10.6 Å². The van der Waals surface area contributed by atoms with Crippen LogP contribution in [-0.2, 0) is 22.4 Å². The molecule has 3 rings (SSSR count). The summed E-state index contributed by atoms with van der Waals surface area (Å²) in [6, 6.07) is 12.1. The van der Waals surface area contributed by atoms with E-state index in [0.717, 1.165) is 16.0 Å². The molecule has 32 heavy (non-hydrogen) atoms. The quantitative estimate of drug-likeness (QED) is 0.580. The van der Waals surface area contributed by atoms with Crippen LogP contribution >= 0.6 is 0 Å². The lowest BCUT2D eigenvalue weighted by molar-refractivity contribution is -0.132. The van der Waals surface area contributed by atoms with Gasteiger partial charge in [0, 0.05) is 26.2 Å². The van der Waals surface area contributed by atoms with Gasteiger partial charge in [-0.05, 0) is 48.2 Å². The predicted octanol–water partition coefficient (Wildman–Crippen LogP) is 2.21. The van der Waals surface area contributed by atoms with E-state index in [1.54, 1.807) is 24.3 Å². The molecule has 0 saturated carbocycles. The van der Waals surface area contributed by atoms with Crippen molar-refractivity contribution in [3.05, 3.63) is 71.3 Å². The number of carbonyl (C=O) groups is 3. The van der Waals surface area contributed by atoms with Crippen LogP contribution in [0.5, 0.6) is 0 Å². The molecule has 3 N–H and O–H groups in total. The van der Waals surface area contributed by atoms with Crippen LogP contribution in [0.1, 0.15) is 11.1 Å². The number of nitrogens with zero attached hydrogens (tertiary/aromatic N) is 1. The first-order valence-electron chi connectivity index (χ1n) is 10.4. The first-order valence-corrected chi connectivity index (χ1v) is 10.4. The van der Waals surface area contributed by atoms with Crippen LogP contribution in [0.4, 0.5) is 13.6 Å². The van der Waals surface area contributed by atoms with Gasteiger partial charge in [0.25, 0.3) is 0 Å². The number of halogens is 2. The van der Waals surface area contributed by atoms with Crippen molar-refractivity contribution in [1.82, 2.24) is 15.5 Å². The largest absolute Gasteiger partial charge is 0.465 e. The van der Waals surface area contributed by atoms with Gasteiger partial charge in [0.1, 0.15) is 11.6 Å². The van der Waals surface area contributed by atoms with Crippen molar-refractivity contribution >= 4 is 17.9 Å². The molecule has 1 heterocycles. The maximum atomic E-state index is 13.3. The molecule has 1 aliphatic heterocycles. The highest BCUT2D eigenvalue weighted by atomic mass is 19.1. The van der Waals surface area contributed by atoms with Crippen LogP contribution in [-0.4, -0.2) is 54.1 Å². The summed E-state index contributed by atoms with van der Waals surface area (Å²) < 4.78 is 26.6. The molecule has 0 aliphatic carbocycles. The van der Waals surface area contributed by atoms with Crippen molar-refractivity contribution in [3.63, 3.8) is 0 Å². The second kappa shape index (κ2) is 10.7. The summed E-state index contributed by atoms with van der Waals surface area (Å²) in [5.41, 5.74) is 1.44. The van der Waals surface area contributed by atoms with Crippen LogP contribution in [0.3, 0.4) is 0 Å². The third-order valence-corrected chi connectivity index (χ3v) is 5.47. The molecular weight excluding hydrogens is 420 g/mol. The molecular formula is C23H25F2N3O4. The third kappa shape index (κ3) is 6.26. The normalized spacial score (nSPS) is 17.8. The molecule has 1 aliphatic rings. The van der Waals surface area contributed by atoms with Gasteiger partial charge in [0.15, 0.2) is 0 Å². The number of amides is 3. The standard InChI is InChI=1S/C23H25F2N3O4/c24-17-5-1-3-15(11-17)7-9-26-21(29)19-13-28(23(31)32)14-20(19)22(30)27-10-8-16-4-2-6-18(25)12-16/h1-6,11-12,19-20H,7-10,13-14H2,(H,26,29)(H,27,30)(H,31,32)/t19-,20-/m1/s1. The van der Waals surface area contributed by atoms with Gasteiger partial charge in [-0.15, -0.1) is 0 Å². The molecule has 170 valence electrons. The summed E-state index contributed by atoms with van der Waals surface area (Å²) in [6.07, 6.45) is -0.384. The Bertz CT molecular complexity index is 914. The molecule has 7 nitrogen and oxygen atoms in total. The Balaban J connectivity index is 1.55. The summed E-state index contributed by atoms with van der Waals surface area (Å²) in [5, 5.41) is 14.8. The fourth-order valence-electron chi connectivity index (χ4n) is 3.80. The summed E-state index contributed by atoms with van der Waals surface area (Å²) in [6.45, 7) is 0.311. The molecule has 1 saturated heterocycles. The average Bonchev–Trinajstić information content (AvgIpc) is 3.20. The SMILES string of the molecule is O=C(NCCc1cccc(F)c1)[C@@H]1CN(C(=O)O)C[C@H]1C(=O)NCCc1cccc(F)c1. The minimum absolute atomic E-state index is 0.0802. The van der Waals surface area contributed by atoms with Crippen molar-refractivity contribution < 1.29 is 28.3 Å². The second-order valence-electron chi connectivity index (χ2n) is 7.74. The van der Waals surface area contributed by atoms with Gasteiger partial charge in [-0.3, -0.25) is 9.59 Å². The first kappa shape index (κ1) is 23.2. The van der Waals surface area contributed by atoms with Crippen LogP contribution in [0.2, 0.25) is 0 Å². The second-order valence-corrected chi connectivity index (χ2v) is 7.74. The van der Waals surface area contributed by atoms with E-state index in [0.29, 0.717) is 12.8 Å². The summed E-state index contributed by atoms with van der Waals surface area (Å²) in [5.74, 6) is -3.22. The Morgan fingerprint density at radius 3 is 1.66 bits per heavy atom. The van der Waals surface area contributed by atoms with Crippen LogP contribution in [0.15, 0.2) is 48.5 Å². The topological polar surface area (TPSA) is 98.7 Å². The summed E-state index contributed by atoms with van der Waals surface area (Å²) in [7, 11) is 0. The molecule has 0 aromatic heterocycles. The van der Waals surface area contributed by atoms with E-state index in [9.17, 15) is 28.3 Å². The number of benzene rings is 2. The fourth-order valence-corrected chi connectivity index (χ4v) is 3.80. The van der Waals surface area contributed by atoms with Crippen LogP contribution in [0, 0.1) is 23.5 Å². The molecule has 0 spiro atoms. The maximum absolute atomic E-state index is 13.3. The van der Waals surface area contributed by atoms with E-state index in [-0.39, 0.29) is 37.8 Å². The average molecular weight is 445 g/mol. The van der Waals surface area contributed by atoms with Crippen molar-refractivity contribution in [2.24, 2.45) is 11.8 Å². The summed E-state index contributed by atoms with van der Waals surface area (Å²) in [4.78, 5) is 37.8. The number of carboxylic acid groups (broad SMARTS) is 1. The first-order chi connectivity index (χ1) is 15.3. The minimum Gasteiger partial charge on any atom is -0.465 e. The Morgan fingerprint density at radius 2 is 1.28 bits per heavy atom. The number of nitrogens with one attached hydrogen (secondary N) is 2. The fraction of sp³-hybridized carbons (Fsp3) is 0.348. The Labute approximate surface area is 184 Å². The van der Waals surface area contributed by atoms with Gasteiger partial charge in [0.2, 0.25) is 11.8 Å². The minimum atomic E-state index is -1.20. The Hall–Kier alpha value is -3.49. The highest BCUT2D eigenvalue weighted by Gasteiger charge is 2.43. The number of hydrogen-bond acceptors (Lipinski definition) is 3. The summed E-state index contributed by atoms with van der Waals surface area (Å²) >= 11 is 0. The lowest BCUT2D eigenvalue weighted by Gasteiger charge is -2.17. The molecule has 0 bridgehead atoms. The van der Waals surface area contributed by atoms with Crippen molar-refractivity contribution in [3.8, 4) is 0 Å². The van der Waals surface area contributed by atoms with Gasteiger partial charge in [-0.25, -0.2) is 13.6 Å². The van der Waals surface area contributed by atoms with E-state index >= 15 is 0 Å². The highest BCUT2D eigenvalue weighted by molar-refractivity contribution is 5.89. The van der Waals surface area contributed by atoms with Gasteiger partial charge >= 0.3 is 6.09 Å². The van der Waals surface area contributed by atoms with Gasteiger partial charge < -0.3 is 20.6 Å². The molecule has 0 unspecified atom stereocenters. The van der Waals surface area contributed by atoms with Crippen molar-refractivity contribution in [1.29, 1.82) is 0 Å². The highest BCUT2D eigenvalue weighted by Crippen LogP contribution is 2.24. The smallest absolute Gasteiger partial charge is 0.407 e. The van der Waals surface area contributed by atoms with Gasteiger partial charge in [-0.2, -0.15) is 0 Å². The monoisotopic (exact) mass is 445 g/mol.